The van der Waals surface area contributed by atoms with E-state index in [1.807, 2.05) is 11.8 Å². The standard InChI is InChI=1S/C40H35NS/c1-7-19-33(20-8-1)39(34-21-9-2-10-22-34,35-23-11-3-12-24-35)41-31-32-42-40(36-25-13-4-14-26-36,37-27-15-5-16-28-37)38-29-17-6-18-30-38/h1-30,41H,31-32H2. The molecule has 6 aromatic carbocycles. The van der Waals surface area contributed by atoms with E-state index in [4.69, 9.17) is 0 Å². The third-order valence-electron chi connectivity index (χ3n) is 7.97. The molecule has 0 spiro atoms. The lowest BCUT2D eigenvalue weighted by molar-refractivity contribution is 0.490. The highest BCUT2D eigenvalue weighted by molar-refractivity contribution is 8.00. The van der Waals surface area contributed by atoms with Crippen molar-refractivity contribution in [2.45, 2.75) is 10.3 Å². The van der Waals surface area contributed by atoms with Gasteiger partial charge in [-0.1, -0.05) is 182 Å². The first-order chi connectivity index (χ1) is 20.8. The molecule has 0 saturated heterocycles. The van der Waals surface area contributed by atoms with Crippen molar-refractivity contribution in [2.75, 3.05) is 12.3 Å². The number of nitrogens with one attached hydrogen (secondary N) is 1. The zero-order valence-electron chi connectivity index (χ0n) is 23.6. The molecule has 1 nitrogen and oxygen atoms in total. The molecule has 1 N–H and O–H groups in total. The van der Waals surface area contributed by atoms with Crippen LogP contribution in [0.4, 0.5) is 0 Å². The maximum Gasteiger partial charge on any atom is 0.0948 e. The van der Waals surface area contributed by atoms with Gasteiger partial charge in [-0.05, 0) is 33.4 Å². The van der Waals surface area contributed by atoms with E-state index in [-0.39, 0.29) is 4.75 Å². The van der Waals surface area contributed by atoms with Crippen LogP contribution in [0.3, 0.4) is 0 Å². The zero-order chi connectivity index (χ0) is 28.5. The van der Waals surface area contributed by atoms with Crippen molar-refractivity contribution in [2.24, 2.45) is 0 Å². The Balaban J connectivity index is 1.41. The second-order valence-corrected chi connectivity index (χ2v) is 11.7. The Morgan fingerprint density at radius 3 is 0.905 bits per heavy atom. The van der Waals surface area contributed by atoms with Crippen LogP contribution < -0.4 is 5.32 Å². The summed E-state index contributed by atoms with van der Waals surface area (Å²) >= 11 is 1.99. The second-order valence-electron chi connectivity index (χ2n) is 10.4. The second kappa shape index (κ2) is 13.1. The average Bonchev–Trinajstić information content (AvgIpc) is 3.09. The van der Waals surface area contributed by atoms with Gasteiger partial charge >= 0.3 is 0 Å². The molecular formula is C40H35NS. The topological polar surface area (TPSA) is 12.0 Å². The van der Waals surface area contributed by atoms with Crippen molar-refractivity contribution in [3.63, 3.8) is 0 Å². The molecular weight excluding hydrogens is 527 g/mol. The van der Waals surface area contributed by atoms with E-state index in [0.29, 0.717) is 0 Å². The summed E-state index contributed by atoms with van der Waals surface area (Å²) in [6.45, 7) is 0.803. The first-order valence-electron chi connectivity index (χ1n) is 14.6. The highest BCUT2D eigenvalue weighted by atomic mass is 32.2. The van der Waals surface area contributed by atoms with Crippen molar-refractivity contribution in [1.82, 2.24) is 5.32 Å². The Kier molecular flexibility index (Phi) is 8.65. The summed E-state index contributed by atoms with van der Waals surface area (Å²) in [7, 11) is 0. The van der Waals surface area contributed by atoms with Gasteiger partial charge in [-0.15, -0.1) is 11.8 Å². The molecule has 0 aliphatic rings. The van der Waals surface area contributed by atoms with Crippen LogP contribution in [0.5, 0.6) is 0 Å². The van der Waals surface area contributed by atoms with Crippen LogP contribution >= 0.6 is 11.8 Å². The minimum atomic E-state index is -0.487. The van der Waals surface area contributed by atoms with Gasteiger partial charge in [0.2, 0.25) is 0 Å². The molecule has 0 amide bonds. The molecule has 6 aromatic rings. The highest BCUT2D eigenvalue weighted by Gasteiger charge is 2.38. The van der Waals surface area contributed by atoms with Gasteiger partial charge in [-0.3, -0.25) is 5.32 Å². The number of rotatable bonds is 11. The minimum absolute atomic E-state index is 0.347. The number of hydrogen-bond donors (Lipinski definition) is 1. The molecule has 2 heteroatoms. The van der Waals surface area contributed by atoms with Crippen LogP contribution in [0.1, 0.15) is 33.4 Å². The van der Waals surface area contributed by atoms with E-state index < -0.39 is 5.54 Å². The number of thioether (sulfide) groups is 1. The summed E-state index contributed by atoms with van der Waals surface area (Å²) in [5.74, 6) is 0.896. The van der Waals surface area contributed by atoms with Crippen LogP contribution in [0.2, 0.25) is 0 Å². The number of hydrogen-bond acceptors (Lipinski definition) is 2. The van der Waals surface area contributed by atoms with Crippen molar-refractivity contribution < 1.29 is 0 Å². The van der Waals surface area contributed by atoms with Gasteiger partial charge in [0.25, 0.3) is 0 Å². The largest absolute Gasteiger partial charge is 0.299 e. The molecule has 0 aliphatic heterocycles. The fourth-order valence-electron chi connectivity index (χ4n) is 6.08. The lowest BCUT2D eigenvalue weighted by Gasteiger charge is -2.39. The Morgan fingerprint density at radius 2 is 0.619 bits per heavy atom. The Morgan fingerprint density at radius 1 is 0.357 bits per heavy atom. The van der Waals surface area contributed by atoms with Gasteiger partial charge in [0.05, 0.1) is 10.3 Å². The normalized spacial score (nSPS) is 11.7. The molecule has 0 bridgehead atoms. The van der Waals surface area contributed by atoms with Gasteiger partial charge in [-0.2, -0.15) is 0 Å². The third-order valence-corrected chi connectivity index (χ3v) is 9.52. The Bertz CT molecular complexity index is 1320. The predicted molar refractivity (Wildman–Crippen MR) is 179 cm³/mol. The molecule has 0 aromatic heterocycles. The maximum atomic E-state index is 4.09. The summed E-state index contributed by atoms with van der Waals surface area (Å²) in [6.07, 6.45) is 0. The third kappa shape index (κ3) is 5.44. The first-order valence-corrected chi connectivity index (χ1v) is 15.5. The van der Waals surface area contributed by atoms with Gasteiger partial charge in [0.1, 0.15) is 0 Å². The lowest BCUT2D eigenvalue weighted by atomic mass is 9.77. The van der Waals surface area contributed by atoms with E-state index in [0.717, 1.165) is 12.3 Å². The summed E-state index contributed by atoms with van der Waals surface area (Å²) in [5.41, 5.74) is 7.06. The van der Waals surface area contributed by atoms with Crippen LogP contribution in [0, 0.1) is 0 Å². The molecule has 0 saturated carbocycles. The zero-order valence-corrected chi connectivity index (χ0v) is 24.5. The molecule has 0 unspecified atom stereocenters. The van der Waals surface area contributed by atoms with Crippen molar-refractivity contribution in [3.05, 3.63) is 215 Å². The molecule has 0 heterocycles. The highest BCUT2D eigenvalue weighted by Crippen LogP contribution is 2.48. The first kappa shape index (κ1) is 27.8. The summed E-state index contributed by atoms with van der Waals surface area (Å²) < 4.78 is -0.347. The van der Waals surface area contributed by atoms with Crippen LogP contribution in [0.15, 0.2) is 182 Å². The monoisotopic (exact) mass is 561 g/mol. The van der Waals surface area contributed by atoms with Crippen molar-refractivity contribution in [3.8, 4) is 0 Å². The van der Waals surface area contributed by atoms with Crippen molar-refractivity contribution >= 4 is 11.8 Å². The molecule has 42 heavy (non-hydrogen) atoms. The van der Waals surface area contributed by atoms with E-state index in [2.05, 4.69) is 187 Å². The molecule has 206 valence electrons. The predicted octanol–water partition coefficient (Wildman–Crippen LogP) is 9.29. The fraction of sp³-hybridized carbons (Fsp3) is 0.100. The van der Waals surface area contributed by atoms with Gasteiger partial charge in [0.15, 0.2) is 0 Å². The smallest absolute Gasteiger partial charge is 0.0948 e. The van der Waals surface area contributed by atoms with Gasteiger partial charge < -0.3 is 0 Å². The van der Waals surface area contributed by atoms with Gasteiger partial charge in [-0.25, -0.2) is 0 Å². The van der Waals surface area contributed by atoms with Crippen molar-refractivity contribution in [1.29, 1.82) is 0 Å². The SMILES string of the molecule is c1ccc(C(NCCSC(c2ccccc2)(c2ccccc2)c2ccccc2)(c2ccccc2)c2ccccc2)cc1. The summed E-state index contributed by atoms with van der Waals surface area (Å²) in [4.78, 5) is 0. The summed E-state index contributed by atoms with van der Waals surface area (Å²) in [5, 5.41) is 4.09. The molecule has 0 fully saturated rings. The van der Waals surface area contributed by atoms with Crippen LogP contribution in [0.25, 0.3) is 0 Å². The fourth-order valence-corrected chi connectivity index (χ4v) is 7.50. The van der Waals surface area contributed by atoms with E-state index in [9.17, 15) is 0 Å². The van der Waals surface area contributed by atoms with E-state index >= 15 is 0 Å². The molecule has 0 atom stereocenters. The Hall–Kier alpha value is -4.37. The quantitative estimate of drug-likeness (QED) is 0.125. The average molecular weight is 562 g/mol. The van der Waals surface area contributed by atoms with Crippen LogP contribution in [-0.4, -0.2) is 12.3 Å². The minimum Gasteiger partial charge on any atom is -0.299 e. The number of benzene rings is 6. The lowest BCUT2D eigenvalue weighted by Crippen LogP contribution is -2.46. The van der Waals surface area contributed by atoms with E-state index in [1.54, 1.807) is 0 Å². The maximum absolute atomic E-state index is 4.09. The summed E-state index contributed by atoms with van der Waals surface area (Å²) in [6, 6.07) is 65.3. The van der Waals surface area contributed by atoms with Gasteiger partial charge in [0, 0.05) is 12.3 Å². The van der Waals surface area contributed by atoms with Crippen LogP contribution in [-0.2, 0) is 10.3 Å². The molecule has 6 rings (SSSR count). The van der Waals surface area contributed by atoms with E-state index in [1.165, 1.54) is 33.4 Å². The molecule has 0 radical (unpaired) electrons. The Labute approximate surface area is 254 Å². The molecule has 0 aliphatic carbocycles.